The van der Waals surface area contributed by atoms with Gasteiger partial charge in [0.15, 0.2) is 15.7 Å². The zero-order chi connectivity index (χ0) is 10.9. The summed E-state index contributed by atoms with van der Waals surface area (Å²) in [6.07, 6.45) is 0.334. The molecule has 2 atom stereocenters. The van der Waals surface area contributed by atoms with Crippen molar-refractivity contribution in [2.45, 2.75) is 18.7 Å². The number of nitrogens with zero attached hydrogens (tertiary/aromatic N) is 2. The molecule has 2 heterocycles. The lowest BCUT2D eigenvalue weighted by atomic mass is 10.2. The Balaban J connectivity index is 1.91. The summed E-state index contributed by atoms with van der Waals surface area (Å²) in [5, 5.41) is 15.9. The molecule has 1 aromatic rings. The van der Waals surface area contributed by atoms with Crippen LogP contribution >= 0.6 is 0 Å². The van der Waals surface area contributed by atoms with Crippen LogP contribution in [0.5, 0.6) is 0 Å². The second-order valence-electron chi connectivity index (χ2n) is 3.48. The molecular weight excluding hydrogens is 222 g/mol. The van der Waals surface area contributed by atoms with Gasteiger partial charge in [-0.1, -0.05) is 5.16 Å². The van der Waals surface area contributed by atoms with E-state index in [9.17, 15) is 13.5 Å². The van der Waals surface area contributed by atoms with Crippen LogP contribution in [0, 0.1) is 0 Å². The highest BCUT2D eigenvalue weighted by molar-refractivity contribution is 7.91. The molecule has 8 heteroatoms. The van der Waals surface area contributed by atoms with E-state index in [1.165, 1.54) is 6.39 Å². The standard InChI is InChI=1S/C7H11N3O4S/c11-6-3-15(12,13)2-5(6)8-1-7-9-4-14-10-7/h4-6,8,11H,1-3H2. The van der Waals surface area contributed by atoms with Crippen molar-refractivity contribution in [3.8, 4) is 0 Å². The van der Waals surface area contributed by atoms with Crippen molar-refractivity contribution in [1.29, 1.82) is 0 Å². The fourth-order valence-electron chi connectivity index (χ4n) is 1.52. The third-order valence-corrected chi connectivity index (χ3v) is 3.97. The van der Waals surface area contributed by atoms with Crippen LogP contribution in [-0.4, -0.2) is 47.3 Å². The van der Waals surface area contributed by atoms with Gasteiger partial charge in [-0.3, -0.25) is 0 Å². The molecule has 7 nitrogen and oxygen atoms in total. The van der Waals surface area contributed by atoms with Crippen LogP contribution in [0.15, 0.2) is 10.9 Å². The number of sulfone groups is 1. The number of rotatable bonds is 3. The van der Waals surface area contributed by atoms with Crippen LogP contribution in [0.3, 0.4) is 0 Å². The third-order valence-electron chi connectivity index (χ3n) is 2.25. The van der Waals surface area contributed by atoms with Crippen LogP contribution in [-0.2, 0) is 16.4 Å². The van der Waals surface area contributed by atoms with Crippen LogP contribution in [0.2, 0.25) is 0 Å². The van der Waals surface area contributed by atoms with E-state index < -0.39 is 22.0 Å². The van der Waals surface area contributed by atoms with Gasteiger partial charge < -0.3 is 14.9 Å². The van der Waals surface area contributed by atoms with Gasteiger partial charge in [-0.05, 0) is 0 Å². The maximum absolute atomic E-state index is 11.2. The fourth-order valence-corrected chi connectivity index (χ4v) is 3.29. The number of hydrogen-bond donors (Lipinski definition) is 2. The van der Waals surface area contributed by atoms with Gasteiger partial charge in [-0.25, -0.2) is 8.42 Å². The van der Waals surface area contributed by atoms with Crippen molar-refractivity contribution in [2.75, 3.05) is 11.5 Å². The van der Waals surface area contributed by atoms with E-state index in [0.717, 1.165) is 0 Å². The molecule has 1 aliphatic rings. The van der Waals surface area contributed by atoms with Gasteiger partial charge in [0.1, 0.15) is 0 Å². The molecule has 2 rings (SSSR count). The molecule has 0 aliphatic carbocycles. The van der Waals surface area contributed by atoms with Crippen molar-refractivity contribution in [3.05, 3.63) is 12.2 Å². The average molecular weight is 233 g/mol. The second-order valence-corrected chi connectivity index (χ2v) is 5.63. The smallest absolute Gasteiger partial charge is 0.213 e. The maximum atomic E-state index is 11.2. The first kappa shape index (κ1) is 10.5. The van der Waals surface area contributed by atoms with E-state index in [-0.39, 0.29) is 18.1 Å². The Morgan fingerprint density at radius 2 is 2.40 bits per heavy atom. The Morgan fingerprint density at radius 3 is 2.93 bits per heavy atom. The fraction of sp³-hybridized carbons (Fsp3) is 0.714. The normalized spacial score (nSPS) is 29.4. The molecule has 0 amide bonds. The molecule has 1 aromatic heterocycles. The van der Waals surface area contributed by atoms with Gasteiger partial charge in [-0.2, -0.15) is 4.98 Å². The number of nitrogens with one attached hydrogen (secondary N) is 1. The Hall–Kier alpha value is -0.990. The summed E-state index contributed by atoms with van der Waals surface area (Å²) in [6.45, 7) is 0.285. The van der Waals surface area contributed by atoms with Crippen LogP contribution in [0.25, 0.3) is 0 Å². The molecule has 0 radical (unpaired) electrons. The molecular formula is C7H11N3O4S. The predicted molar refractivity (Wildman–Crippen MR) is 49.6 cm³/mol. The average Bonchev–Trinajstić information content (AvgIpc) is 2.70. The molecule has 0 aromatic carbocycles. The van der Waals surface area contributed by atoms with Crippen LogP contribution in [0.4, 0.5) is 0 Å². The molecule has 0 bridgehead atoms. The topological polar surface area (TPSA) is 105 Å². The number of aliphatic hydroxyl groups is 1. The first-order valence-electron chi connectivity index (χ1n) is 4.44. The molecule has 1 fully saturated rings. The van der Waals surface area contributed by atoms with Crippen LogP contribution < -0.4 is 5.32 Å². The van der Waals surface area contributed by atoms with Crippen LogP contribution in [0.1, 0.15) is 5.82 Å². The maximum Gasteiger partial charge on any atom is 0.213 e. The molecule has 84 valence electrons. The SMILES string of the molecule is O=S1(=O)CC(O)C(NCc2ncon2)C1. The van der Waals surface area contributed by atoms with Gasteiger partial charge >= 0.3 is 0 Å². The highest BCUT2D eigenvalue weighted by Crippen LogP contribution is 2.12. The Morgan fingerprint density at radius 1 is 1.60 bits per heavy atom. The number of aliphatic hydroxyl groups excluding tert-OH is 1. The predicted octanol–water partition coefficient (Wildman–Crippen LogP) is -1.68. The molecule has 0 saturated carbocycles. The molecule has 1 aliphatic heterocycles. The minimum absolute atomic E-state index is 0.0496. The summed E-state index contributed by atoms with van der Waals surface area (Å²) < 4.78 is 26.8. The molecule has 2 unspecified atom stereocenters. The zero-order valence-electron chi connectivity index (χ0n) is 7.83. The first-order chi connectivity index (χ1) is 7.07. The summed E-state index contributed by atoms with van der Waals surface area (Å²) in [5.41, 5.74) is 0. The van der Waals surface area contributed by atoms with Crippen molar-refractivity contribution in [2.24, 2.45) is 0 Å². The van der Waals surface area contributed by atoms with Gasteiger partial charge in [0.2, 0.25) is 6.39 Å². The molecule has 15 heavy (non-hydrogen) atoms. The summed E-state index contributed by atoms with van der Waals surface area (Å²) in [7, 11) is -3.11. The number of aromatic nitrogens is 2. The Labute approximate surface area is 86.4 Å². The van der Waals surface area contributed by atoms with Gasteiger partial charge in [0.25, 0.3) is 0 Å². The molecule has 1 saturated heterocycles. The lowest BCUT2D eigenvalue weighted by Crippen LogP contribution is -2.38. The number of hydrogen-bond acceptors (Lipinski definition) is 7. The van der Waals surface area contributed by atoms with E-state index in [2.05, 4.69) is 20.0 Å². The Bertz CT molecular complexity index is 415. The summed E-state index contributed by atoms with van der Waals surface area (Å²) >= 11 is 0. The monoisotopic (exact) mass is 233 g/mol. The van der Waals surface area contributed by atoms with Crippen molar-refractivity contribution < 1.29 is 18.0 Å². The van der Waals surface area contributed by atoms with E-state index in [1.807, 2.05) is 0 Å². The minimum atomic E-state index is -3.11. The van der Waals surface area contributed by atoms with Crippen molar-refractivity contribution in [3.63, 3.8) is 0 Å². The van der Waals surface area contributed by atoms with Gasteiger partial charge in [0, 0.05) is 6.04 Å². The summed E-state index contributed by atoms with van der Waals surface area (Å²) in [5.74, 6) is 0.203. The largest absolute Gasteiger partial charge is 0.390 e. The Kier molecular flexibility index (Phi) is 2.72. The molecule has 2 N–H and O–H groups in total. The van der Waals surface area contributed by atoms with E-state index in [0.29, 0.717) is 5.82 Å². The molecule has 0 spiro atoms. The lowest BCUT2D eigenvalue weighted by molar-refractivity contribution is 0.165. The second kappa shape index (κ2) is 3.87. The highest BCUT2D eigenvalue weighted by Gasteiger charge is 2.36. The van der Waals surface area contributed by atoms with E-state index >= 15 is 0 Å². The van der Waals surface area contributed by atoms with Gasteiger partial charge in [-0.15, -0.1) is 0 Å². The minimum Gasteiger partial charge on any atom is -0.390 e. The van der Waals surface area contributed by atoms with Crippen molar-refractivity contribution >= 4 is 9.84 Å². The van der Waals surface area contributed by atoms with E-state index in [4.69, 9.17) is 0 Å². The summed E-state index contributed by atoms with van der Waals surface area (Å²) in [6, 6.07) is -0.450. The lowest BCUT2D eigenvalue weighted by Gasteiger charge is -2.12. The van der Waals surface area contributed by atoms with E-state index in [1.54, 1.807) is 0 Å². The zero-order valence-corrected chi connectivity index (χ0v) is 8.64. The summed E-state index contributed by atoms with van der Waals surface area (Å²) in [4.78, 5) is 3.77. The first-order valence-corrected chi connectivity index (χ1v) is 6.26. The van der Waals surface area contributed by atoms with Crippen molar-refractivity contribution in [1.82, 2.24) is 15.5 Å². The highest BCUT2D eigenvalue weighted by atomic mass is 32.2. The van der Waals surface area contributed by atoms with Gasteiger partial charge in [0.05, 0.1) is 24.2 Å². The third kappa shape index (κ3) is 2.52. The quantitative estimate of drug-likeness (QED) is 0.642.